The highest BCUT2D eigenvalue weighted by molar-refractivity contribution is 7.16. The van der Waals surface area contributed by atoms with Crippen LogP contribution in [0.3, 0.4) is 0 Å². The lowest BCUT2D eigenvalue weighted by Crippen LogP contribution is -2.16. The van der Waals surface area contributed by atoms with Crippen molar-refractivity contribution in [1.82, 2.24) is 4.57 Å². The van der Waals surface area contributed by atoms with Crippen molar-refractivity contribution in [2.75, 3.05) is 7.11 Å². The first-order chi connectivity index (χ1) is 12.5. The van der Waals surface area contributed by atoms with Gasteiger partial charge in [-0.1, -0.05) is 29.5 Å². The summed E-state index contributed by atoms with van der Waals surface area (Å²) in [5, 5.41) is 11.0. The molecule has 0 atom stereocenters. The fourth-order valence-electron chi connectivity index (χ4n) is 2.53. The number of rotatable bonds is 5. The Balaban J connectivity index is 2.17. The molecule has 1 heterocycles. The van der Waals surface area contributed by atoms with Crippen LogP contribution in [0.1, 0.15) is 10.4 Å². The molecule has 0 bridgehead atoms. The van der Waals surface area contributed by atoms with Crippen LogP contribution in [0.4, 0.5) is 5.69 Å². The normalized spacial score (nSPS) is 11.5. The summed E-state index contributed by atoms with van der Waals surface area (Å²) in [6, 6.07) is 11.4. The van der Waals surface area contributed by atoms with Gasteiger partial charge in [-0.2, -0.15) is 4.99 Å². The smallest absolute Gasteiger partial charge is 0.283 e. The summed E-state index contributed by atoms with van der Waals surface area (Å²) in [7, 11) is 1.49. The molecule has 0 fully saturated rings. The van der Waals surface area contributed by atoms with E-state index in [0.29, 0.717) is 27.4 Å². The standard InChI is InChI=1S/C18H15N3O4S/c1-3-10-20-14-9-8-12(21(23)24)11-16(14)26-18(20)19-17(22)13-6-4-5-7-15(13)25-2/h3-9,11H,1,10H2,2H3. The van der Waals surface area contributed by atoms with Crippen LogP contribution < -0.4 is 9.54 Å². The van der Waals surface area contributed by atoms with Crippen LogP contribution in [0.25, 0.3) is 10.2 Å². The van der Waals surface area contributed by atoms with Crippen LogP contribution in [0.15, 0.2) is 60.1 Å². The molecule has 1 amide bonds. The summed E-state index contributed by atoms with van der Waals surface area (Å²) in [5.74, 6) is -0.00501. The lowest BCUT2D eigenvalue weighted by atomic mass is 10.2. The fraction of sp³-hybridized carbons (Fsp3) is 0.111. The molecule has 2 aromatic carbocycles. The van der Waals surface area contributed by atoms with E-state index in [1.165, 1.54) is 30.6 Å². The number of allylic oxidation sites excluding steroid dienone is 1. The number of hydrogen-bond acceptors (Lipinski definition) is 5. The van der Waals surface area contributed by atoms with Crippen LogP contribution in [0.5, 0.6) is 5.75 Å². The lowest BCUT2D eigenvalue weighted by Gasteiger charge is -2.04. The van der Waals surface area contributed by atoms with E-state index < -0.39 is 10.8 Å². The molecule has 0 unspecified atom stereocenters. The van der Waals surface area contributed by atoms with Crippen LogP contribution in [0, 0.1) is 10.1 Å². The minimum atomic E-state index is -0.451. The van der Waals surface area contributed by atoms with E-state index >= 15 is 0 Å². The van der Waals surface area contributed by atoms with E-state index in [0.717, 1.165) is 5.52 Å². The van der Waals surface area contributed by atoms with E-state index in [4.69, 9.17) is 4.74 Å². The van der Waals surface area contributed by atoms with Crippen molar-refractivity contribution in [2.24, 2.45) is 4.99 Å². The van der Waals surface area contributed by atoms with E-state index in [-0.39, 0.29) is 5.69 Å². The van der Waals surface area contributed by atoms with Crippen molar-refractivity contribution < 1.29 is 14.5 Å². The number of nitro groups is 1. The summed E-state index contributed by atoms with van der Waals surface area (Å²) in [5.41, 5.74) is 1.10. The Morgan fingerprint density at radius 3 is 2.85 bits per heavy atom. The Morgan fingerprint density at radius 1 is 1.38 bits per heavy atom. The van der Waals surface area contributed by atoms with Crippen molar-refractivity contribution >= 4 is 33.1 Å². The van der Waals surface area contributed by atoms with Crippen LogP contribution >= 0.6 is 11.3 Å². The van der Waals surface area contributed by atoms with Crippen LogP contribution in [0.2, 0.25) is 0 Å². The van der Waals surface area contributed by atoms with Crippen LogP contribution in [-0.4, -0.2) is 22.5 Å². The largest absolute Gasteiger partial charge is 0.496 e. The maximum Gasteiger partial charge on any atom is 0.283 e. The third-order valence-corrected chi connectivity index (χ3v) is 4.76. The van der Waals surface area contributed by atoms with Crippen molar-refractivity contribution in [1.29, 1.82) is 0 Å². The second kappa shape index (κ2) is 7.32. The number of hydrogen-bond donors (Lipinski definition) is 0. The number of methoxy groups -OCH3 is 1. The molecule has 3 rings (SSSR count). The summed E-state index contributed by atoms with van der Waals surface area (Å²) in [6.45, 7) is 4.15. The van der Waals surface area contributed by atoms with E-state index in [1.54, 1.807) is 41.0 Å². The molecule has 0 saturated carbocycles. The number of carbonyl (C=O) groups is 1. The zero-order valence-corrected chi connectivity index (χ0v) is 14.7. The zero-order valence-electron chi connectivity index (χ0n) is 13.9. The highest BCUT2D eigenvalue weighted by Crippen LogP contribution is 2.24. The number of thiazole rings is 1. The van der Waals surface area contributed by atoms with Gasteiger partial charge in [-0.25, -0.2) is 0 Å². The molecular formula is C18H15N3O4S. The number of fused-ring (bicyclic) bond motifs is 1. The number of nitro benzene ring substituents is 1. The number of non-ortho nitro benzene ring substituents is 1. The zero-order chi connectivity index (χ0) is 18.7. The maximum atomic E-state index is 12.6. The van der Waals surface area contributed by atoms with Gasteiger partial charge in [0.05, 0.1) is 27.8 Å². The van der Waals surface area contributed by atoms with Gasteiger partial charge in [0.2, 0.25) is 0 Å². The first-order valence-electron chi connectivity index (χ1n) is 7.66. The van der Waals surface area contributed by atoms with Gasteiger partial charge in [-0.15, -0.1) is 6.58 Å². The molecule has 0 aliphatic heterocycles. The van der Waals surface area contributed by atoms with Gasteiger partial charge in [0.1, 0.15) is 5.75 Å². The number of ether oxygens (including phenoxy) is 1. The monoisotopic (exact) mass is 369 g/mol. The topological polar surface area (TPSA) is 86.7 Å². The van der Waals surface area contributed by atoms with E-state index in [9.17, 15) is 14.9 Å². The van der Waals surface area contributed by atoms with Gasteiger partial charge in [-0.05, 0) is 18.2 Å². The fourth-order valence-corrected chi connectivity index (χ4v) is 3.61. The molecule has 7 nitrogen and oxygen atoms in total. The predicted octanol–water partition coefficient (Wildman–Crippen LogP) is 3.55. The van der Waals surface area contributed by atoms with Gasteiger partial charge >= 0.3 is 0 Å². The third kappa shape index (κ3) is 3.27. The summed E-state index contributed by atoms with van der Waals surface area (Å²) >= 11 is 1.21. The van der Waals surface area contributed by atoms with Gasteiger partial charge in [-0.3, -0.25) is 14.9 Å². The molecule has 0 aliphatic carbocycles. The molecule has 0 saturated heterocycles. The highest BCUT2D eigenvalue weighted by Gasteiger charge is 2.14. The Bertz CT molecular complexity index is 1080. The first kappa shape index (κ1) is 17.6. The average molecular weight is 369 g/mol. The Labute approximate surface area is 152 Å². The second-order valence-electron chi connectivity index (χ2n) is 5.31. The molecule has 132 valence electrons. The molecule has 26 heavy (non-hydrogen) atoms. The molecule has 0 aliphatic rings. The number of amides is 1. The van der Waals surface area contributed by atoms with Gasteiger partial charge in [0.15, 0.2) is 4.80 Å². The molecular weight excluding hydrogens is 354 g/mol. The third-order valence-electron chi connectivity index (χ3n) is 3.72. The summed E-state index contributed by atoms with van der Waals surface area (Å²) in [4.78, 5) is 27.8. The number of para-hydroxylation sites is 1. The molecule has 1 aromatic heterocycles. The first-order valence-corrected chi connectivity index (χ1v) is 8.47. The SMILES string of the molecule is C=CCn1c(=NC(=O)c2ccccc2OC)sc2cc([N+](=O)[O-])ccc21. The Kier molecular flexibility index (Phi) is 4.94. The average Bonchev–Trinajstić information content (AvgIpc) is 2.98. The molecule has 8 heteroatoms. The minimum absolute atomic E-state index is 0.00731. The van der Waals surface area contributed by atoms with Crippen molar-refractivity contribution in [3.05, 3.63) is 75.6 Å². The van der Waals surface area contributed by atoms with Crippen molar-refractivity contribution in [2.45, 2.75) is 6.54 Å². The summed E-state index contributed by atoms with van der Waals surface area (Å²) < 4.78 is 7.68. The van der Waals surface area contributed by atoms with Crippen LogP contribution in [-0.2, 0) is 6.54 Å². The van der Waals surface area contributed by atoms with E-state index in [2.05, 4.69) is 11.6 Å². The lowest BCUT2D eigenvalue weighted by molar-refractivity contribution is -0.384. The van der Waals surface area contributed by atoms with Crippen molar-refractivity contribution in [3.63, 3.8) is 0 Å². The quantitative estimate of drug-likeness (QED) is 0.391. The van der Waals surface area contributed by atoms with Gasteiger partial charge in [0.25, 0.3) is 11.6 Å². The predicted molar refractivity (Wildman–Crippen MR) is 99.6 cm³/mol. The Morgan fingerprint density at radius 2 is 2.15 bits per heavy atom. The highest BCUT2D eigenvalue weighted by atomic mass is 32.1. The number of nitrogens with zero attached hydrogens (tertiary/aromatic N) is 3. The number of carbonyl (C=O) groups excluding carboxylic acids is 1. The molecule has 0 radical (unpaired) electrons. The molecule has 0 N–H and O–H groups in total. The van der Waals surface area contributed by atoms with Crippen molar-refractivity contribution in [3.8, 4) is 5.75 Å². The molecule has 0 spiro atoms. The van der Waals surface area contributed by atoms with E-state index in [1.807, 2.05) is 0 Å². The minimum Gasteiger partial charge on any atom is -0.496 e. The molecule has 3 aromatic rings. The summed E-state index contributed by atoms with van der Waals surface area (Å²) in [6.07, 6.45) is 1.68. The maximum absolute atomic E-state index is 12.6. The second-order valence-corrected chi connectivity index (χ2v) is 6.32. The van der Waals surface area contributed by atoms with Gasteiger partial charge < -0.3 is 9.30 Å². The number of benzene rings is 2. The van der Waals surface area contributed by atoms with Gasteiger partial charge in [0, 0.05) is 18.7 Å². The Hall–Kier alpha value is -3.26. The number of aromatic nitrogens is 1.